The molecule has 8 heteroatoms. The third-order valence-corrected chi connectivity index (χ3v) is 4.39. The van der Waals surface area contributed by atoms with Gasteiger partial charge >= 0.3 is 5.97 Å². The van der Waals surface area contributed by atoms with Crippen LogP contribution in [0.4, 0.5) is 13.2 Å². The number of rotatable bonds is 2. The van der Waals surface area contributed by atoms with E-state index < -0.39 is 51.6 Å². The van der Waals surface area contributed by atoms with Gasteiger partial charge in [0.1, 0.15) is 17.7 Å². The highest BCUT2D eigenvalue weighted by molar-refractivity contribution is 5.95. The summed E-state index contributed by atoms with van der Waals surface area (Å²) in [5, 5.41) is 8.42. The van der Waals surface area contributed by atoms with Gasteiger partial charge < -0.3 is 14.4 Å². The summed E-state index contributed by atoms with van der Waals surface area (Å²) < 4.78 is 48.9. The molecule has 1 aliphatic heterocycles. The van der Waals surface area contributed by atoms with E-state index in [1.165, 1.54) is 4.57 Å². The molecule has 0 unspecified atom stereocenters. The molecule has 1 N–H and O–H groups in total. The zero-order valence-electron chi connectivity index (χ0n) is 13.0. The van der Waals surface area contributed by atoms with Crippen LogP contribution >= 0.6 is 0 Å². The highest BCUT2D eigenvalue weighted by atomic mass is 19.2. The molecule has 2 aromatic carbocycles. The van der Waals surface area contributed by atoms with E-state index >= 15 is 0 Å². The lowest BCUT2D eigenvalue weighted by Gasteiger charge is -2.30. The van der Waals surface area contributed by atoms with Gasteiger partial charge in [-0.25, -0.2) is 13.6 Å². The minimum absolute atomic E-state index is 0.143. The fourth-order valence-electron chi connectivity index (χ4n) is 3.18. The van der Waals surface area contributed by atoms with E-state index in [0.29, 0.717) is 5.56 Å². The Morgan fingerprint density at radius 3 is 2.46 bits per heavy atom. The monoisotopic (exact) mass is 361 g/mol. The number of carboxylic acid groups (broad SMARTS) is 1. The van der Waals surface area contributed by atoms with Gasteiger partial charge in [0.15, 0.2) is 17.4 Å². The lowest BCUT2D eigenvalue weighted by molar-refractivity contribution is 0.0694. The molecular formula is C18H10F3NO4. The molecule has 1 aliphatic rings. The van der Waals surface area contributed by atoms with Crippen LogP contribution in [-0.2, 0) is 0 Å². The first-order valence-electron chi connectivity index (χ1n) is 7.58. The Morgan fingerprint density at radius 1 is 1.12 bits per heavy atom. The number of carbonyl (C=O) groups is 1. The number of nitrogens with zero attached hydrogens (tertiary/aromatic N) is 1. The van der Waals surface area contributed by atoms with Gasteiger partial charge in [-0.2, -0.15) is 4.39 Å². The van der Waals surface area contributed by atoms with Gasteiger partial charge in [-0.3, -0.25) is 4.79 Å². The zero-order valence-corrected chi connectivity index (χ0v) is 13.0. The summed E-state index contributed by atoms with van der Waals surface area (Å²) in [6.07, 6.45) is 1.01. The molecule has 0 amide bonds. The van der Waals surface area contributed by atoms with Crippen molar-refractivity contribution in [3.63, 3.8) is 0 Å². The smallest absolute Gasteiger partial charge is 0.341 e. The third kappa shape index (κ3) is 2.11. The summed E-state index contributed by atoms with van der Waals surface area (Å²) in [6, 6.07) is 8.02. The number of hydrogen-bond acceptors (Lipinski definition) is 3. The van der Waals surface area contributed by atoms with Crippen molar-refractivity contribution in [1.82, 2.24) is 4.57 Å². The molecule has 0 bridgehead atoms. The Balaban J connectivity index is 2.18. The molecule has 2 heterocycles. The lowest BCUT2D eigenvalue weighted by atomic mass is 10.0. The van der Waals surface area contributed by atoms with Crippen LogP contribution in [0.15, 0.2) is 41.3 Å². The largest absolute Gasteiger partial charge is 0.486 e. The molecule has 0 saturated heterocycles. The Labute approximate surface area is 143 Å². The third-order valence-electron chi connectivity index (χ3n) is 4.39. The molecule has 0 saturated carbocycles. The van der Waals surface area contributed by atoms with Crippen LogP contribution in [0.3, 0.4) is 0 Å². The summed E-state index contributed by atoms with van der Waals surface area (Å²) in [4.78, 5) is 23.8. The number of hydrogen-bond donors (Lipinski definition) is 1. The van der Waals surface area contributed by atoms with Crippen LogP contribution in [0.5, 0.6) is 5.75 Å². The molecule has 1 atom stereocenters. The number of benzene rings is 2. The van der Waals surface area contributed by atoms with Crippen LogP contribution in [0, 0.1) is 17.5 Å². The summed E-state index contributed by atoms with van der Waals surface area (Å²) in [6.45, 7) is -0.143. The van der Waals surface area contributed by atoms with Crippen molar-refractivity contribution in [2.75, 3.05) is 6.61 Å². The first kappa shape index (κ1) is 16.2. The maximum absolute atomic E-state index is 14.3. The number of ether oxygens (including phenoxy) is 1. The van der Waals surface area contributed by atoms with Crippen LogP contribution < -0.4 is 10.2 Å². The van der Waals surface area contributed by atoms with E-state index in [-0.39, 0.29) is 12.1 Å². The van der Waals surface area contributed by atoms with Crippen LogP contribution in [0.1, 0.15) is 22.0 Å². The van der Waals surface area contributed by atoms with Crippen molar-refractivity contribution in [3.05, 3.63) is 75.3 Å². The zero-order chi connectivity index (χ0) is 18.6. The highest BCUT2D eigenvalue weighted by Gasteiger charge is 2.33. The SMILES string of the molecule is O=C(O)c1cn2c3c(c(F)c(F)c(F)c3c1=O)OC[C@H]2c1ccccc1. The van der Waals surface area contributed by atoms with Gasteiger partial charge in [0, 0.05) is 6.20 Å². The predicted octanol–water partition coefficient (Wildman–Crippen LogP) is 3.10. The fourth-order valence-corrected chi connectivity index (χ4v) is 3.18. The molecule has 132 valence electrons. The van der Waals surface area contributed by atoms with E-state index in [4.69, 9.17) is 4.74 Å². The number of carboxylic acids is 1. The van der Waals surface area contributed by atoms with Gasteiger partial charge in [-0.05, 0) is 5.56 Å². The molecule has 3 aromatic rings. The van der Waals surface area contributed by atoms with Gasteiger partial charge in [0.05, 0.1) is 11.4 Å². The van der Waals surface area contributed by atoms with E-state index in [1.54, 1.807) is 30.3 Å². The maximum atomic E-state index is 14.3. The predicted molar refractivity (Wildman–Crippen MR) is 85.1 cm³/mol. The molecule has 1 aromatic heterocycles. The maximum Gasteiger partial charge on any atom is 0.341 e. The molecule has 0 spiro atoms. The molecular weight excluding hydrogens is 351 g/mol. The van der Waals surface area contributed by atoms with Crippen molar-refractivity contribution >= 4 is 16.9 Å². The molecule has 0 radical (unpaired) electrons. The van der Waals surface area contributed by atoms with Crippen molar-refractivity contribution in [3.8, 4) is 5.75 Å². The van der Waals surface area contributed by atoms with Gasteiger partial charge in [-0.1, -0.05) is 30.3 Å². The molecule has 5 nitrogen and oxygen atoms in total. The number of aromatic nitrogens is 1. The van der Waals surface area contributed by atoms with Gasteiger partial charge in [0.25, 0.3) is 0 Å². The molecule has 0 fully saturated rings. The van der Waals surface area contributed by atoms with Gasteiger partial charge in [0.2, 0.25) is 11.2 Å². The normalized spacial score (nSPS) is 15.7. The second-order valence-electron chi connectivity index (χ2n) is 5.82. The Kier molecular flexibility index (Phi) is 3.50. The van der Waals surface area contributed by atoms with Gasteiger partial charge in [-0.15, -0.1) is 0 Å². The van der Waals surface area contributed by atoms with E-state index in [1.807, 2.05) is 0 Å². The summed E-state index contributed by atoms with van der Waals surface area (Å²) in [5.41, 5.74) is -1.61. The Hall–Kier alpha value is -3.29. The van der Waals surface area contributed by atoms with E-state index in [0.717, 1.165) is 6.20 Å². The van der Waals surface area contributed by atoms with Crippen LogP contribution in [0.25, 0.3) is 10.9 Å². The minimum atomic E-state index is -1.88. The fraction of sp³-hybridized carbons (Fsp3) is 0.111. The first-order valence-corrected chi connectivity index (χ1v) is 7.58. The quantitative estimate of drug-likeness (QED) is 0.713. The summed E-state index contributed by atoms with van der Waals surface area (Å²) in [7, 11) is 0. The van der Waals surface area contributed by atoms with Crippen LogP contribution in [-0.4, -0.2) is 22.2 Å². The van der Waals surface area contributed by atoms with E-state index in [2.05, 4.69) is 0 Å². The second-order valence-corrected chi connectivity index (χ2v) is 5.82. The number of aromatic carboxylic acids is 1. The first-order chi connectivity index (χ1) is 12.4. The summed E-state index contributed by atoms with van der Waals surface area (Å²) >= 11 is 0. The molecule has 0 aliphatic carbocycles. The van der Waals surface area contributed by atoms with Crippen molar-refractivity contribution in [2.45, 2.75) is 6.04 Å². The minimum Gasteiger partial charge on any atom is -0.486 e. The van der Waals surface area contributed by atoms with E-state index in [9.17, 15) is 27.9 Å². The van der Waals surface area contributed by atoms with Crippen LogP contribution in [0.2, 0.25) is 0 Å². The van der Waals surface area contributed by atoms with Crippen molar-refractivity contribution < 1.29 is 27.8 Å². The average Bonchev–Trinajstić information content (AvgIpc) is 2.64. The summed E-state index contributed by atoms with van der Waals surface area (Å²) in [5.74, 6) is -7.38. The second kappa shape index (κ2) is 5.62. The molecule has 26 heavy (non-hydrogen) atoms. The Morgan fingerprint density at radius 2 is 1.81 bits per heavy atom. The standard InChI is InChI=1S/C18H10F3NO4/c19-12-11-15-17(14(21)13(12)20)26-7-10(8-4-2-1-3-5-8)22(15)6-9(16(11)23)18(24)25/h1-6,10H,7H2,(H,24,25)/t10-/m0/s1. The van der Waals surface area contributed by atoms with Crippen molar-refractivity contribution in [2.24, 2.45) is 0 Å². The lowest BCUT2D eigenvalue weighted by Crippen LogP contribution is -2.30. The average molecular weight is 361 g/mol. The number of halogens is 3. The highest BCUT2D eigenvalue weighted by Crippen LogP contribution is 2.38. The Bertz CT molecular complexity index is 1130. The topological polar surface area (TPSA) is 68.5 Å². The van der Waals surface area contributed by atoms with Crippen molar-refractivity contribution in [1.29, 1.82) is 0 Å². The number of pyridine rings is 1. The molecule has 4 rings (SSSR count).